The second-order valence-corrected chi connectivity index (χ2v) is 4.74. The van der Waals surface area contributed by atoms with Gasteiger partial charge in [-0.2, -0.15) is 8.42 Å². The highest BCUT2D eigenvalue weighted by atomic mass is 32.2. The van der Waals surface area contributed by atoms with E-state index in [0.717, 1.165) is 25.7 Å². The fourth-order valence-corrected chi connectivity index (χ4v) is 2.02. The van der Waals surface area contributed by atoms with Crippen LogP contribution in [0.3, 0.4) is 0 Å². The lowest BCUT2D eigenvalue weighted by Crippen LogP contribution is -2.27. The fraction of sp³-hybridized carbons (Fsp3) is 1.00. The molecule has 0 saturated carbocycles. The van der Waals surface area contributed by atoms with Gasteiger partial charge in [0.25, 0.3) is 5.62 Å². The molecule has 0 rings (SSSR count). The first kappa shape index (κ1) is 14.8. The molecule has 0 aromatic heterocycles. The molecule has 0 bridgehead atoms. The maximum atomic E-state index is 11.4. The highest BCUT2D eigenvalue weighted by Gasteiger charge is 2.25. The van der Waals surface area contributed by atoms with Crippen LogP contribution in [-0.2, 0) is 23.8 Å². The Morgan fingerprint density at radius 2 is 1.67 bits per heavy atom. The smallest absolute Gasteiger partial charge is 0.321 e. The van der Waals surface area contributed by atoms with Gasteiger partial charge in [0.2, 0.25) is 0 Å². The van der Waals surface area contributed by atoms with Gasteiger partial charge in [-0.25, -0.2) is 0 Å². The largest absolute Gasteiger partial charge is 0.341 e. The minimum atomic E-state index is -3.75. The van der Waals surface area contributed by atoms with Gasteiger partial charge in [0.15, 0.2) is 0 Å². The zero-order valence-electron chi connectivity index (χ0n) is 9.56. The third kappa shape index (κ3) is 6.09. The summed E-state index contributed by atoms with van der Waals surface area (Å²) in [5.41, 5.74) is -1.33. The summed E-state index contributed by atoms with van der Waals surface area (Å²) in [5.74, 6) is 0. The summed E-state index contributed by atoms with van der Waals surface area (Å²) in [6, 6.07) is 0. The first-order valence-electron chi connectivity index (χ1n) is 5.02. The average molecular weight is 240 g/mol. The monoisotopic (exact) mass is 240 g/mol. The average Bonchev–Trinajstić information content (AvgIpc) is 2.18. The normalized spacial score (nSPS) is 12.3. The summed E-state index contributed by atoms with van der Waals surface area (Å²) in [7, 11) is -1.24. The van der Waals surface area contributed by atoms with Crippen LogP contribution in [0.5, 0.6) is 0 Å². The Labute approximate surface area is 91.8 Å². The molecule has 0 spiro atoms. The summed E-state index contributed by atoms with van der Waals surface area (Å²) >= 11 is 0. The van der Waals surface area contributed by atoms with E-state index >= 15 is 0 Å². The second-order valence-electron chi connectivity index (χ2n) is 3.14. The number of methoxy groups -OCH3 is 2. The maximum absolute atomic E-state index is 11.4. The minimum Gasteiger partial charge on any atom is -0.341 e. The van der Waals surface area contributed by atoms with Crippen LogP contribution in [-0.4, -0.2) is 34.9 Å². The Bertz CT molecular complexity index is 233. The van der Waals surface area contributed by atoms with Crippen molar-refractivity contribution in [3.8, 4) is 0 Å². The standard InChI is InChI=1S/C9H20O5S/c1-4-5-6-7-8-14-15(10,11)9(12-2)13-3/h9H,4-8H2,1-3H3. The van der Waals surface area contributed by atoms with Crippen molar-refractivity contribution in [2.24, 2.45) is 0 Å². The quantitative estimate of drug-likeness (QED) is 0.347. The van der Waals surface area contributed by atoms with Gasteiger partial charge < -0.3 is 9.47 Å². The highest BCUT2D eigenvalue weighted by Crippen LogP contribution is 2.08. The lowest BCUT2D eigenvalue weighted by Gasteiger charge is -2.13. The molecule has 0 atom stereocenters. The third-order valence-corrected chi connectivity index (χ3v) is 3.22. The molecular formula is C9H20O5S. The Balaban J connectivity index is 3.83. The van der Waals surface area contributed by atoms with Gasteiger partial charge in [-0.1, -0.05) is 26.2 Å². The lowest BCUT2D eigenvalue weighted by atomic mass is 10.2. The van der Waals surface area contributed by atoms with E-state index < -0.39 is 15.7 Å². The molecule has 0 aromatic rings. The van der Waals surface area contributed by atoms with Crippen LogP contribution in [0.15, 0.2) is 0 Å². The van der Waals surface area contributed by atoms with Crippen LogP contribution in [0.1, 0.15) is 32.6 Å². The zero-order valence-corrected chi connectivity index (χ0v) is 10.4. The van der Waals surface area contributed by atoms with Crippen LogP contribution >= 0.6 is 0 Å². The molecule has 5 nitrogen and oxygen atoms in total. The summed E-state index contributed by atoms with van der Waals surface area (Å²) in [6.07, 6.45) is 3.89. The first-order valence-corrected chi connectivity index (χ1v) is 6.49. The Kier molecular flexibility index (Phi) is 7.95. The van der Waals surface area contributed by atoms with Gasteiger partial charge in [-0.3, -0.25) is 4.18 Å². The molecule has 0 aromatic carbocycles. The van der Waals surface area contributed by atoms with E-state index in [9.17, 15) is 8.42 Å². The highest BCUT2D eigenvalue weighted by molar-refractivity contribution is 7.87. The number of rotatable bonds is 9. The molecule has 0 amide bonds. The molecular weight excluding hydrogens is 220 g/mol. The number of hydrogen-bond donors (Lipinski definition) is 0. The van der Waals surface area contributed by atoms with Gasteiger partial charge in [-0.15, -0.1) is 0 Å². The van der Waals surface area contributed by atoms with E-state index in [2.05, 4.69) is 16.4 Å². The number of ether oxygens (including phenoxy) is 2. The van der Waals surface area contributed by atoms with E-state index in [0.29, 0.717) is 0 Å². The molecule has 6 heteroatoms. The van der Waals surface area contributed by atoms with Gasteiger partial charge in [0.05, 0.1) is 6.61 Å². The summed E-state index contributed by atoms with van der Waals surface area (Å²) < 4.78 is 36.7. The summed E-state index contributed by atoms with van der Waals surface area (Å²) in [6.45, 7) is 2.27. The SMILES string of the molecule is CCCCCCOS(=O)(=O)C(OC)OC. The van der Waals surface area contributed by atoms with E-state index in [-0.39, 0.29) is 6.61 Å². The van der Waals surface area contributed by atoms with Crippen molar-refractivity contribution >= 4 is 10.1 Å². The van der Waals surface area contributed by atoms with Crippen molar-refractivity contribution in [3.63, 3.8) is 0 Å². The van der Waals surface area contributed by atoms with Crippen molar-refractivity contribution < 1.29 is 22.1 Å². The third-order valence-electron chi connectivity index (χ3n) is 1.87. The predicted molar refractivity (Wildman–Crippen MR) is 56.8 cm³/mol. The molecule has 0 saturated heterocycles. The second kappa shape index (κ2) is 8.04. The lowest BCUT2D eigenvalue weighted by molar-refractivity contribution is -0.0489. The molecule has 0 unspecified atom stereocenters. The Morgan fingerprint density at radius 1 is 1.07 bits per heavy atom. The van der Waals surface area contributed by atoms with Crippen LogP contribution in [0.4, 0.5) is 0 Å². The van der Waals surface area contributed by atoms with Gasteiger partial charge >= 0.3 is 10.1 Å². The van der Waals surface area contributed by atoms with Crippen molar-refractivity contribution in [2.75, 3.05) is 20.8 Å². The van der Waals surface area contributed by atoms with Crippen LogP contribution in [0.2, 0.25) is 0 Å². The molecule has 0 fully saturated rings. The van der Waals surface area contributed by atoms with Crippen LogP contribution in [0.25, 0.3) is 0 Å². The maximum Gasteiger partial charge on any atom is 0.321 e. The van der Waals surface area contributed by atoms with Crippen molar-refractivity contribution in [1.29, 1.82) is 0 Å². The van der Waals surface area contributed by atoms with Crippen LogP contribution < -0.4 is 0 Å². The molecule has 15 heavy (non-hydrogen) atoms. The van der Waals surface area contributed by atoms with Gasteiger partial charge in [0.1, 0.15) is 0 Å². The van der Waals surface area contributed by atoms with E-state index in [4.69, 9.17) is 4.18 Å². The van der Waals surface area contributed by atoms with Gasteiger partial charge in [-0.05, 0) is 6.42 Å². The molecule has 0 aliphatic carbocycles. The fourth-order valence-electron chi connectivity index (χ4n) is 1.09. The number of unbranched alkanes of at least 4 members (excludes halogenated alkanes) is 3. The van der Waals surface area contributed by atoms with Crippen molar-refractivity contribution in [2.45, 2.75) is 38.2 Å². The zero-order chi connectivity index (χ0) is 11.7. The van der Waals surface area contributed by atoms with E-state index in [1.807, 2.05) is 0 Å². The first-order chi connectivity index (χ1) is 7.08. The Morgan fingerprint density at radius 3 is 2.13 bits per heavy atom. The molecule has 92 valence electrons. The molecule has 0 N–H and O–H groups in total. The summed E-state index contributed by atoms with van der Waals surface area (Å²) in [4.78, 5) is 0. The van der Waals surface area contributed by atoms with Crippen molar-refractivity contribution in [3.05, 3.63) is 0 Å². The molecule has 0 heterocycles. The number of hydrogen-bond acceptors (Lipinski definition) is 5. The minimum absolute atomic E-state index is 0.186. The predicted octanol–water partition coefficient (Wildman–Crippen LogP) is 1.49. The molecule has 0 aliphatic heterocycles. The Hall–Kier alpha value is -0.170. The van der Waals surface area contributed by atoms with Crippen molar-refractivity contribution in [1.82, 2.24) is 0 Å². The summed E-state index contributed by atoms with van der Waals surface area (Å²) in [5, 5.41) is 0. The topological polar surface area (TPSA) is 61.8 Å². The van der Waals surface area contributed by atoms with Crippen LogP contribution in [0, 0.1) is 0 Å². The van der Waals surface area contributed by atoms with E-state index in [1.54, 1.807) is 0 Å². The van der Waals surface area contributed by atoms with Gasteiger partial charge in [0, 0.05) is 14.2 Å². The molecule has 0 aliphatic rings. The molecule has 0 radical (unpaired) electrons. The van der Waals surface area contributed by atoms with E-state index in [1.165, 1.54) is 14.2 Å².